The van der Waals surface area contributed by atoms with Gasteiger partial charge < -0.3 is 10.8 Å². The summed E-state index contributed by atoms with van der Waals surface area (Å²) in [4.78, 5) is 6.98. The molecule has 102 valence electrons. The summed E-state index contributed by atoms with van der Waals surface area (Å²) in [5.74, 6) is -2.54. The van der Waals surface area contributed by atoms with E-state index in [4.69, 9.17) is 10.8 Å². The van der Waals surface area contributed by atoms with Crippen molar-refractivity contribution in [3.8, 4) is 0 Å². The molecule has 1 fully saturated rings. The fourth-order valence-electron chi connectivity index (χ4n) is 2.16. The average Bonchev–Trinajstić information content (AvgIpc) is 2.81. The average molecular weight is 277 g/mol. The lowest BCUT2D eigenvalue weighted by molar-refractivity contribution is -0.0625. The molecule has 1 aliphatic rings. The number of hydrogen-bond donors (Lipinski definition) is 2. The van der Waals surface area contributed by atoms with Crippen LogP contribution in [-0.2, 0) is 6.61 Å². The number of nitrogens with zero attached hydrogens (tertiary/aromatic N) is 2. The monoisotopic (exact) mass is 277 g/mol. The number of alkyl halides is 2. The fraction of sp³-hybridized carbons (Fsp3) is 0.727. The standard InChI is InChI=1S/C11H17F2N3OS/c12-11(13)1-3-16(4-2-11)8(5-14)9-6-15-10(7-17)18-9/h6,8,17H,1-5,7,14H2. The topological polar surface area (TPSA) is 62.4 Å². The van der Waals surface area contributed by atoms with Crippen molar-refractivity contribution in [3.63, 3.8) is 0 Å². The minimum Gasteiger partial charge on any atom is -0.389 e. The van der Waals surface area contributed by atoms with E-state index in [9.17, 15) is 8.78 Å². The fourth-order valence-corrected chi connectivity index (χ4v) is 3.09. The van der Waals surface area contributed by atoms with Gasteiger partial charge in [0.25, 0.3) is 5.92 Å². The summed E-state index contributed by atoms with van der Waals surface area (Å²) < 4.78 is 26.2. The van der Waals surface area contributed by atoms with Crippen LogP contribution in [0.15, 0.2) is 6.20 Å². The first-order chi connectivity index (χ1) is 8.55. The Morgan fingerprint density at radius 3 is 2.67 bits per heavy atom. The largest absolute Gasteiger partial charge is 0.389 e. The van der Waals surface area contributed by atoms with E-state index < -0.39 is 5.92 Å². The van der Waals surface area contributed by atoms with Crippen molar-refractivity contribution < 1.29 is 13.9 Å². The zero-order valence-corrected chi connectivity index (χ0v) is 10.8. The zero-order valence-electron chi connectivity index (χ0n) is 9.98. The van der Waals surface area contributed by atoms with Crippen LogP contribution in [0.25, 0.3) is 0 Å². The number of aliphatic hydroxyl groups is 1. The Morgan fingerprint density at radius 1 is 1.50 bits per heavy atom. The Bertz CT molecular complexity index is 389. The predicted molar refractivity (Wildman–Crippen MR) is 65.6 cm³/mol. The molecule has 2 rings (SSSR count). The highest BCUT2D eigenvalue weighted by Gasteiger charge is 2.36. The van der Waals surface area contributed by atoms with Gasteiger partial charge in [0.05, 0.1) is 12.6 Å². The maximum atomic E-state index is 13.1. The molecule has 1 aliphatic heterocycles. The van der Waals surface area contributed by atoms with E-state index in [1.54, 1.807) is 6.20 Å². The highest BCUT2D eigenvalue weighted by Crippen LogP contribution is 2.33. The molecule has 1 atom stereocenters. The van der Waals surface area contributed by atoms with Crippen molar-refractivity contribution >= 4 is 11.3 Å². The number of rotatable bonds is 4. The van der Waals surface area contributed by atoms with Gasteiger partial charge in [-0.05, 0) is 0 Å². The summed E-state index contributed by atoms with van der Waals surface area (Å²) in [6, 6.07) is -0.0705. The minimum atomic E-state index is -2.54. The van der Waals surface area contributed by atoms with Gasteiger partial charge in [0.2, 0.25) is 0 Å². The van der Waals surface area contributed by atoms with Crippen molar-refractivity contribution in [2.45, 2.75) is 31.4 Å². The van der Waals surface area contributed by atoms with E-state index in [-0.39, 0.29) is 25.5 Å². The van der Waals surface area contributed by atoms with Crippen LogP contribution < -0.4 is 5.73 Å². The van der Waals surface area contributed by atoms with Crippen LogP contribution in [0.5, 0.6) is 0 Å². The molecule has 0 spiro atoms. The SMILES string of the molecule is NCC(c1cnc(CO)s1)N1CCC(F)(F)CC1. The number of hydrogen-bond acceptors (Lipinski definition) is 5. The van der Waals surface area contributed by atoms with Gasteiger partial charge >= 0.3 is 0 Å². The van der Waals surface area contributed by atoms with Crippen LogP contribution in [0, 0.1) is 0 Å². The van der Waals surface area contributed by atoms with Crippen molar-refractivity contribution in [3.05, 3.63) is 16.1 Å². The van der Waals surface area contributed by atoms with Gasteiger partial charge in [0.15, 0.2) is 0 Å². The van der Waals surface area contributed by atoms with E-state index in [0.29, 0.717) is 24.6 Å². The third-order valence-electron chi connectivity index (χ3n) is 3.23. The van der Waals surface area contributed by atoms with E-state index in [0.717, 1.165) is 4.88 Å². The Hall–Kier alpha value is -0.630. The maximum Gasteiger partial charge on any atom is 0.250 e. The third-order valence-corrected chi connectivity index (χ3v) is 4.31. The van der Waals surface area contributed by atoms with Gasteiger partial charge in [0.1, 0.15) is 5.01 Å². The summed E-state index contributed by atoms with van der Waals surface area (Å²) in [6.45, 7) is 0.973. The number of halogens is 2. The van der Waals surface area contributed by atoms with Gasteiger partial charge in [-0.3, -0.25) is 4.90 Å². The van der Waals surface area contributed by atoms with Crippen molar-refractivity contribution in [1.29, 1.82) is 0 Å². The minimum absolute atomic E-state index is 0.0705. The Morgan fingerprint density at radius 2 is 2.17 bits per heavy atom. The molecule has 18 heavy (non-hydrogen) atoms. The molecular formula is C11H17F2N3OS. The first-order valence-corrected chi connectivity index (χ1v) is 6.75. The molecule has 1 unspecified atom stereocenters. The van der Waals surface area contributed by atoms with E-state index in [1.807, 2.05) is 4.90 Å². The van der Waals surface area contributed by atoms with E-state index in [1.165, 1.54) is 11.3 Å². The quantitative estimate of drug-likeness (QED) is 0.872. The van der Waals surface area contributed by atoms with Crippen LogP contribution in [0.2, 0.25) is 0 Å². The molecule has 3 N–H and O–H groups in total. The van der Waals surface area contributed by atoms with Gasteiger partial charge in [-0.2, -0.15) is 0 Å². The third kappa shape index (κ3) is 3.03. The lowest BCUT2D eigenvalue weighted by Crippen LogP contribution is -2.43. The summed E-state index contributed by atoms with van der Waals surface area (Å²) in [6.07, 6.45) is 1.45. The maximum absolute atomic E-state index is 13.1. The molecule has 4 nitrogen and oxygen atoms in total. The number of aromatic nitrogens is 1. The van der Waals surface area contributed by atoms with Crippen LogP contribution in [0.3, 0.4) is 0 Å². The van der Waals surface area contributed by atoms with Gasteiger partial charge in [-0.25, -0.2) is 13.8 Å². The van der Waals surface area contributed by atoms with E-state index in [2.05, 4.69) is 4.98 Å². The second-order valence-electron chi connectivity index (χ2n) is 4.46. The molecule has 0 amide bonds. The molecule has 0 saturated carbocycles. The zero-order chi connectivity index (χ0) is 13.2. The Labute approximate surface area is 108 Å². The van der Waals surface area contributed by atoms with Gasteiger partial charge in [-0.1, -0.05) is 0 Å². The van der Waals surface area contributed by atoms with Crippen LogP contribution in [0.4, 0.5) is 8.78 Å². The molecule has 7 heteroatoms. The number of piperidine rings is 1. The Kier molecular flexibility index (Phi) is 4.26. The molecule has 0 bridgehead atoms. The first kappa shape index (κ1) is 13.8. The lowest BCUT2D eigenvalue weighted by atomic mass is 10.0. The number of aliphatic hydroxyl groups excluding tert-OH is 1. The summed E-state index contributed by atoms with van der Waals surface area (Å²) >= 11 is 1.39. The van der Waals surface area contributed by atoms with Gasteiger partial charge in [-0.15, -0.1) is 11.3 Å². The molecule has 0 radical (unpaired) electrons. The summed E-state index contributed by atoms with van der Waals surface area (Å²) in [7, 11) is 0. The Balaban J connectivity index is 2.05. The lowest BCUT2D eigenvalue weighted by Gasteiger charge is -2.36. The second-order valence-corrected chi connectivity index (χ2v) is 5.60. The van der Waals surface area contributed by atoms with E-state index >= 15 is 0 Å². The highest BCUT2D eigenvalue weighted by atomic mass is 32.1. The number of thiazole rings is 1. The first-order valence-electron chi connectivity index (χ1n) is 5.93. The highest BCUT2D eigenvalue weighted by molar-refractivity contribution is 7.11. The second kappa shape index (κ2) is 5.56. The molecule has 1 aromatic heterocycles. The van der Waals surface area contributed by atoms with Crippen molar-refractivity contribution in [1.82, 2.24) is 9.88 Å². The van der Waals surface area contributed by atoms with Gasteiger partial charge in [0, 0.05) is 43.5 Å². The molecule has 1 aromatic rings. The molecule has 1 saturated heterocycles. The smallest absolute Gasteiger partial charge is 0.250 e. The summed E-state index contributed by atoms with van der Waals surface area (Å²) in [5, 5.41) is 9.62. The number of nitrogens with two attached hydrogens (primary N) is 1. The van der Waals surface area contributed by atoms with Crippen LogP contribution in [0.1, 0.15) is 28.8 Å². The van der Waals surface area contributed by atoms with Crippen molar-refractivity contribution in [2.75, 3.05) is 19.6 Å². The predicted octanol–water partition coefficient (Wildman–Crippen LogP) is 1.37. The van der Waals surface area contributed by atoms with Crippen LogP contribution >= 0.6 is 11.3 Å². The molecule has 0 aliphatic carbocycles. The molecule has 0 aromatic carbocycles. The molecule has 2 heterocycles. The number of likely N-dealkylation sites (tertiary alicyclic amines) is 1. The van der Waals surface area contributed by atoms with Crippen molar-refractivity contribution in [2.24, 2.45) is 5.73 Å². The molecular weight excluding hydrogens is 260 g/mol. The van der Waals surface area contributed by atoms with Crippen LogP contribution in [-0.4, -0.2) is 40.5 Å². The summed E-state index contributed by atoms with van der Waals surface area (Å²) in [5.41, 5.74) is 5.74. The normalized spacial score (nSPS) is 22.0.